The number of nitrogens with zero attached hydrogens (tertiary/aromatic N) is 5. The van der Waals surface area contributed by atoms with Crippen LogP contribution in [-0.2, 0) is 11.8 Å². The first kappa shape index (κ1) is 21.8. The summed E-state index contributed by atoms with van der Waals surface area (Å²) in [5.41, 5.74) is 0. The number of rotatable bonds is 8. The van der Waals surface area contributed by atoms with Crippen molar-refractivity contribution in [2.24, 2.45) is 7.05 Å². The zero-order valence-electron chi connectivity index (χ0n) is 17.7. The Bertz CT molecular complexity index is 1000. The molecule has 1 fully saturated rings. The molecule has 3 aromatic rings. The fourth-order valence-electron chi connectivity index (χ4n) is 3.65. The number of para-hydroxylation sites is 1. The maximum absolute atomic E-state index is 12.4. The molecule has 1 amide bonds. The Morgan fingerprint density at radius 3 is 2.74 bits per heavy atom. The largest absolute Gasteiger partial charge is 0.483 e. The Labute approximate surface area is 189 Å². The molecule has 1 aliphatic rings. The van der Waals surface area contributed by atoms with Gasteiger partial charge in [-0.1, -0.05) is 60.6 Å². The number of aromatic nitrogens is 5. The predicted molar refractivity (Wildman–Crippen MR) is 122 cm³/mol. The van der Waals surface area contributed by atoms with Crippen LogP contribution in [0.3, 0.4) is 0 Å². The van der Waals surface area contributed by atoms with E-state index in [-0.39, 0.29) is 17.8 Å². The molecular weight excluding hydrogens is 432 g/mol. The number of thioether (sulfide) groups is 1. The van der Waals surface area contributed by atoms with E-state index in [0.717, 1.165) is 10.8 Å². The second-order valence-corrected chi connectivity index (χ2v) is 9.54. The van der Waals surface area contributed by atoms with Gasteiger partial charge in [0.05, 0.1) is 5.75 Å². The quantitative estimate of drug-likeness (QED) is 0.494. The lowest BCUT2D eigenvalue weighted by molar-refractivity contribution is -0.113. The van der Waals surface area contributed by atoms with E-state index in [1.807, 2.05) is 48.9 Å². The summed E-state index contributed by atoms with van der Waals surface area (Å²) in [6, 6.07) is 9.60. The van der Waals surface area contributed by atoms with Crippen LogP contribution in [-0.4, -0.2) is 36.6 Å². The maximum atomic E-state index is 12.4. The highest BCUT2D eigenvalue weighted by atomic mass is 32.2. The van der Waals surface area contributed by atoms with Gasteiger partial charge in [-0.25, -0.2) is 0 Å². The molecule has 1 N–H and O–H groups in total. The number of hydrogen-bond acceptors (Lipinski definition) is 8. The van der Waals surface area contributed by atoms with Gasteiger partial charge in [0.25, 0.3) is 0 Å². The van der Waals surface area contributed by atoms with Gasteiger partial charge in [-0.3, -0.25) is 10.1 Å². The van der Waals surface area contributed by atoms with E-state index in [1.54, 1.807) is 0 Å². The van der Waals surface area contributed by atoms with Crippen LogP contribution in [0, 0.1) is 0 Å². The summed E-state index contributed by atoms with van der Waals surface area (Å²) in [5, 5.41) is 22.0. The number of anilines is 1. The monoisotopic (exact) mass is 458 g/mol. The normalized spacial score (nSPS) is 15.5. The minimum Gasteiger partial charge on any atom is -0.483 e. The molecule has 2 heterocycles. The van der Waals surface area contributed by atoms with Crippen LogP contribution in [0.5, 0.6) is 5.75 Å². The van der Waals surface area contributed by atoms with Gasteiger partial charge in [-0.05, 0) is 31.9 Å². The third-order valence-electron chi connectivity index (χ3n) is 5.26. The summed E-state index contributed by atoms with van der Waals surface area (Å²) in [6.07, 6.45) is 5.87. The average molecular weight is 459 g/mol. The van der Waals surface area contributed by atoms with Gasteiger partial charge in [-0.2, -0.15) is 0 Å². The van der Waals surface area contributed by atoms with Crippen molar-refractivity contribution in [3.05, 3.63) is 41.2 Å². The van der Waals surface area contributed by atoms with E-state index in [2.05, 4.69) is 25.7 Å². The van der Waals surface area contributed by atoms with Crippen molar-refractivity contribution in [1.29, 1.82) is 0 Å². The minimum absolute atomic E-state index is 0.130. The SMILES string of the molecule is CC(Oc1ccccc1)c1nnc(SCC(=O)Nc2nnc(C3CCCCC3)s2)n1C. The van der Waals surface area contributed by atoms with Crippen LogP contribution in [0.1, 0.15) is 61.9 Å². The van der Waals surface area contributed by atoms with Gasteiger partial charge in [0.1, 0.15) is 10.8 Å². The van der Waals surface area contributed by atoms with Crippen molar-refractivity contribution in [3.8, 4) is 5.75 Å². The summed E-state index contributed by atoms with van der Waals surface area (Å²) < 4.78 is 7.78. The van der Waals surface area contributed by atoms with Crippen molar-refractivity contribution in [2.75, 3.05) is 11.1 Å². The predicted octanol–water partition coefficient (Wildman–Crippen LogP) is 4.59. The van der Waals surface area contributed by atoms with E-state index in [0.29, 0.717) is 22.0 Å². The summed E-state index contributed by atoms with van der Waals surface area (Å²) in [4.78, 5) is 12.4. The van der Waals surface area contributed by atoms with Crippen LogP contribution in [0.2, 0.25) is 0 Å². The van der Waals surface area contributed by atoms with Crippen LogP contribution >= 0.6 is 23.1 Å². The molecule has 1 unspecified atom stereocenters. The lowest BCUT2D eigenvalue weighted by atomic mass is 9.90. The molecule has 4 rings (SSSR count). The fourth-order valence-corrected chi connectivity index (χ4v) is 5.29. The average Bonchev–Trinajstić information content (AvgIpc) is 3.40. The van der Waals surface area contributed by atoms with Gasteiger partial charge >= 0.3 is 0 Å². The molecular formula is C21H26N6O2S2. The number of hydrogen-bond donors (Lipinski definition) is 1. The Morgan fingerprint density at radius 2 is 1.97 bits per heavy atom. The first-order valence-corrected chi connectivity index (χ1v) is 12.3. The molecule has 0 spiro atoms. The number of nitrogens with one attached hydrogen (secondary N) is 1. The molecule has 10 heteroatoms. The number of ether oxygens (including phenoxy) is 1. The maximum Gasteiger partial charge on any atom is 0.236 e. The van der Waals surface area contributed by atoms with E-state index in [4.69, 9.17) is 4.74 Å². The number of carbonyl (C=O) groups excluding carboxylic acids is 1. The zero-order valence-corrected chi connectivity index (χ0v) is 19.3. The van der Waals surface area contributed by atoms with Crippen LogP contribution < -0.4 is 10.1 Å². The second-order valence-electron chi connectivity index (χ2n) is 7.59. The molecule has 164 valence electrons. The Hall–Kier alpha value is -2.46. The molecule has 0 radical (unpaired) electrons. The molecule has 1 aliphatic carbocycles. The molecule has 1 aromatic carbocycles. The molecule has 2 aromatic heterocycles. The summed E-state index contributed by atoms with van der Waals surface area (Å²) in [7, 11) is 1.88. The lowest BCUT2D eigenvalue weighted by Crippen LogP contribution is -2.14. The number of carbonyl (C=O) groups is 1. The molecule has 8 nitrogen and oxygen atoms in total. The minimum atomic E-state index is -0.261. The topological polar surface area (TPSA) is 94.8 Å². The van der Waals surface area contributed by atoms with E-state index < -0.39 is 0 Å². The molecule has 0 bridgehead atoms. The smallest absolute Gasteiger partial charge is 0.236 e. The second kappa shape index (κ2) is 10.2. The highest BCUT2D eigenvalue weighted by Crippen LogP contribution is 2.35. The molecule has 0 saturated heterocycles. The molecule has 31 heavy (non-hydrogen) atoms. The third-order valence-corrected chi connectivity index (χ3v) is 7.28. The van der Waals surface area contributed by atoms with Gasteiger partial charge < -0.3 is 9.30 Å². The summed E-state index contributed by atoms with van der Waals surface area (Å²) in [6.45, 7) is 1.93. The van der Waals surface area contributed by atoms with Crippen molar-refractivity contribution < 1.29 is 9.53 Å². The highest BCUT2D eigenvalue weighted by molar-refractivity contribution is 7.99. The van der Waals surface area contributed by atoms with Crippen LogP contribution in [0.15, 0.2) is 35.5 Å². The molecule has 1 atom stereocenters. The lowest BCUT2D eigenvalue weighted by Gasteiger charge is -2.18. The van der Waals surface area contributed by atoms with E-state index in [9.17, 15) is 4.79 Å². The van der Waals surface area contributed by atoms with Gasteiger partial charge in [-0.15, -0.1) is 20.4 Å². The Balaban J connectivity index is 1.29. The number of amides is 1. The number of benzene rings is 1. The highest BCUT2D eigenvalue weighted by Gasteiger charge is 2.21. The first-order valence-electron chi connectivity index (χ1n) is 10.5. The van der Waals surface area contributed by atoms with E-state index >= 15 is 0 Å². The molecule has 1 saturated carbocycles. The zero-order chi connectivity index (χ0) is 21.6. The van der Waals surface area contributed by atoms with Crippen LogP contribution in [0.25, 0.3) is 0 Å². The first-order chi connectivity index (χ1) is 15.1. The van der Waals surface area contributed by atoms with Gasteiger partial charge in [0.15, 0.2) is 17.1 Å². The van der Waals surface area contributed by atoms with Gasteiger partial charge in [0, 0.05) is 13.0 Å². The molecule has 0 aliphatic heterocycles. The standard InChI is InChI=1S/C21H26N6O2S2/c1-14(29-16-11-7-4-8-12-16)18-23-26-21(27(18)2)30-13-17(28)22-20-25-24-19(31-20)15-9-5-3-6-10-15/h4,7-8,11-12,14-15H,3,5-6,9-10,13H2,1-2H3,(H,22,25,28). The van der Waals surface area contributed by atoms with Crippen molar-refractivity contribution in [1.82, 2.24) is 25.0 Å². The Kier molecular flexibility index (Phi) is 7.18. The van der Waals surface area contributed by atoms with E-state index in [1.165, 1.54) is 55.2 Å². The van der Waals surface area contributed by atoms with Crippen molar-refractivity contribution >= 4 is 34.1 Å². The van der Waals surface area contributed by atoms with Gasteiger partial charge in [0.2, 0.25) is 11.0 Å². The third kappa shape index (κ3) is 5.62. The summed E-state index contributed by atoms with van der Waals surface area (Å²) in [5.74, 6) is 2.06. The summed E-state index contributed by atoms with van der Waals surface area (Å²) >= 11 is 2.82. The van der Waals surface area contributed by atoms with Crippen molar-refractivity contribution in [2.45, 2.75) is 56.2 Å². The fraction of sp³-hybridized carbons (Fsp3) is 0.476. The van der Waals surface area contributed by atoms with Crippen molar-refractivity contribution in [3.63, 3.8) is 0 Å². The van der Waals surface area contributed by atoms with Crippen LogP contribution in [0.4, 0.5) is 5.13 Å². The Morgan fingerprint density at radius 1 is 1.19 bits per heavy atom.